The molecule has 2 rings (SSSR count). The van der Waals surface area contributed by atoms with Crippen LogP contribution >= 0.6 is 0 Å². The zero-order valence-electron chi connectivity index (χ0n) is 9.61. The molecule has 0 aliphatic heterocycles. The van der Waals surface area contributed by atoms with E-state index < -0.39 is 11.1 Å². The van der Waals surface area contributed by atoms with Crippen LogP contribution < -0.4 is 4.74 Å². The number of aromatic nitrogens is 2. The van der Waals surface area contributed by atoms with Gasteiger partial charge in [0.25, 0.3) is 5.69 Å². The molecular formula is C11H9N3O5. The molecule has 0 amide bonds. The SMILES string of the molecule is O=C(OCc1ccc([N+](=O)[O-])cc1)Oc1ccn[nH]1. The standard InChI is InChI=1S/C11H9N3O5/c15-11(19-10-5-6-12-13-10)18-7-8-1-3-9(4-2-8)14(16)17/h1-6H,7H2,(H,12,13). The Morgan fingerprint density at radius 3 is 2.63 bits per heavy atom. The molecular weight excluding hydrogens is 254 g/mol. The first-order valence-corrected chi connectivity index (χ1v) is 5.22. The lowest BCUT2D eigenvalue weighted by Crippen LogP contribution is -2.10. The van der Waals surface area contributed by atoms with Crippen molar-refractivity contribution in [1.29, 1.82) is 0 Å². The molecule has 0 aliphatic carbocycles. The Balaban J connectivity index is 1.84. The number of H-pyrrole nitrogens is 1. The fourth-order valence-electron chi connectivity index (χ4n) is 1.28. The van der Waals surface area contributed by atoms with Crippen LogP contribution in [0.5, 0.6) is 5.88 Å². The summed E-state index contributed by atoms with van der Waals surface area (Å²) in [5.74, 6) is 0.175. The highest BCUT2D eigenvalue weighted by Gasteiger charge is 2.08. The molecule has 0 saturated carbocycles. The molecule has 0 fully saturated rings. The van der Waals surface area contributed by atoms with Crippen LogP contribution in [0.1, 0.15) is 5.56 Å². The van der Waals surface area contributed by atoms with E-state index in [1.165, 1.54) is 36.5 Å². The van der Waals surface area contributed by atoms with Gasteiger partial charge in [-0.25, -0.2) is 9.89 Å². The van der Waals surface area contributed by atoms with E-state index in [2.05, 4.69) is 10.2 Å². The van der Waals surface area contributed by atoms with E-state index in [1.54, 1.807) is 0 Å². The number of non-ortho nitro benzene ring substituents is 1. The number of nitro benzene ring substituents is 1. The lowest BCUT2D eigenvalue weighted by atomic mass is 10.2. The minimum atomic E-state index is -0.886. The summed E-state index contributed by atoms with van der Waals surface area (Å²) in [7, 11) is 0. The molecule has 2 aromatic rings. The van der Waals surface area contributed by atoms with Crippen LogP contribution in [0.15, 0.2) is 36.5 Å². The first kappa shape index (κ1) is 12.6. The predicted octanol–water partition coefficient (Wildman–Crippen LogP) is 2.03. The number of nitrogens with zero attached hydrogens (tertiary/aromatic N) is 2. The van der Waals surface area contributed by atoms with Crippen molar-refractivity contribution >= 4 is 11.8 Å². The Morgan fingerprint density at radius 1 is 1.32 bits per heavy atom. The van der Waals surface area contributed by atoms with Gasteiger partial charge in [0, 0.05) is 18.2 Å². The third-order valence-corrected chi connectivity index (χ3v) is 2.17. The van der Waals surface area contributed by atoms with Gasteiger partial charge in [-0.05, 0) is 17.7 Å². The second-order valence-electron chi connectivity index (χ2n) is 3.49. The Labute approximate surface area is 107 Å². The fourth-order valence-corrected chi connectivity index (χ4v) is 1.28. The third kappa shape index (κ3) is 3.53. The number of aromatic amines is 1. The summed E-state index contributed by atoms with van der Waals surface area (Å²) in [5.41, 5.74) is 0.593. The van der Waals surface area contributed by atoms with Crippen LogP contribution in [-0.4, -0.2) is 21.3 Å². The summed E-state index contributed by atoms with van der Waals surface area (Å²) in [6.45, 7) is -0.0367. The van der Waals surface area contributed by atoms with Crippen LogP contribution in [0.4, 0.5) is 10.5 Å². The van der Waals surface area contributed by atoms with Gasteiger partial charge in [-0.15, -0.1) is 0 Å². The van der Waals surface area contributed by atoms with Crippen molar-refractivity contribution in [3.63, 3.8) is 0 Å². The number of ether oxygens (including phenoxy) is 2. The molecule has 0 bridgehead atoms. The minimum Gasteiger partial charge on any atom is -0.429 e. The second-order valence-corrected chi connectivity index (χ2v) is 3.49. The first-order chi connectivity index (χ1) is 9.15. The van der Waals surface area contributed by atoms with E-state index in [0.717, 1.165) is 0 Å². The number of nitrogens with one attached hydrogen (secondary N) is 1. The average molecular weight is 263 g/mol. The molecule has 0 unspecified atom stereocenters. The van der Waals surface area contributed by atoms with Gasteiger partial charge >= 0.3 is 6.16 Å². The van der Waals surface area contributed by atoms with Gasteiger partial charge in [0.05, 0.1) is 11.1 Å². The number of carbonyl (C=O) groups is 1. The van der Waals surface area contributed by atoms with E-state index in [0.29, 0.717) is 5.56 Å². The minimum absolute atomic E-state index is 0.0243. The number of hydrogen-bond acceptors (Lipinski definition) is 6. The molecule has 0 radical (unpaired) electrons. The Bertz CT molecular complexity index is 565. The number of hydrogen-bond donors (Lipinski definition) is 1. The maximum Gasteiger partial charge on any atom is 0.515 e. The van der Waals surface area contributed by atoms with Crippen LogP contribution in [0.25, 0.3) is 0 Å². The predicted molar refractivity (Wildman–Crippen MR) is 62.5 cm³/mol. The molecule has 1 heterocycles. The van der Waals surface area contributed by atoms with Gasteiger partial charge < -0.3 is 9.47 Å². The van der Waals surface area contributed by atoms with Crippen molar-refractivity contribution < 1.29 is 19.2 Å². The van der Waals surface area contributed by atoms with Gasteiger partial charge in [-0.2, -0.15) is 5.10 Å². The van der Waals surface area contributed by atoms with E-state index in [9.17, 15) is 14.9 Å². The number of nitro groups is 1. The van der Waals surface area contributed by atoms with E-state index in [4.69, 9.17) is 9.47 Å². The maximum atomic E-state index is 11.3. The largest absolute Gasteiger partial charge is 0.515 e. The highest BCUT2D eigenvalue weighted by Crippen LogP contribution is 2.13. The molecule has 98 valence electrons. The van der Waals surface area contributed by atoms with Crippen molar-refractivity contribution in [1.82, 2.24) is 10.2 Å². The van der Waals surface area contributed by atoms with Crippen LogP contribution in [0.3, 0.4) is 0 Å². The zero-order valence-corrected chi connectivity index (χ0v) is 9.61. The average Bonchev–Trinajstić information content (AvgIpc) is 2.89. The second kappa shape index (κ2) is 5.63. The van der Waals surface area contributed by atoms with Crippen molar-refractivity contribution in [3.8, 4) is 5.88 Å². The smallest absolute Gasteiger partial charge is 0.429 e. The lowest BCUT2D eigenvalue weighted by molar-refractivity contribution is -0.384. The number of rotatable bonds is 4. The van der Waals surface area contributed by atoms with Gasteiger partial charge in [-0.3, -0.25) is 10.1 Å². The van der Waals surface area contributed by atoms with Crippen LogP contribution in [-0.2, 0) is 11.3 Å². The van der Waals surface area contributed by atoms with Crippen molar-refractivity contribution in [2.24, 2.45) is 0 Å². The molecule has 0 aliphatic rings. The van der Waals surface area contributed by atoms with Crippen LogP contribution in [0, 0.1) is 10.1 Å². The summed E-state index contributed by atoms with van der Waals surface area (Å²) in [6.07, 6.45) is 0.543. The highest BCUT2D eigenvalue weighted by atomic mass is 16.7. The van der Waals surface area contributed by atoms with Crippen LogP contribution in [0.2, 0.25) is 0 Å². The fraction of sp³-hybridized carbons (Fsp3) is 0.0909. The summed E-state index contributed by atoms with van der Waals surface area (Å²) in [5, 5.41) is 16.5. The van der Waals surface area contributed by atoms with Gasteiger partial charge in [0.15, 0.2) is 0 Å². The quantitative estimate of drug-likeness (QED) is 0.513. The molecule has 0 spiro atoms. The first-order valence-electron chi connectivity index (χ1n) is 5.22. The normalized spacial score (nSPS) is 9.89. The van der Waals surface area contributed by atoms with Crippen molar-refractivity contribution in [2.75, 3.05) is 0 Å². The molecule has 8 nitrogen and oxygen atoms in total. The summed E-state index contributed by atoms with van der Waals surface area (Å²) < 4.78 is 9.57. The van der Waals surface area contributed by atoms with Crippen molar-refractivity contribution in [2.45, 2.75) is 6.61 Å². The third-order valence-electron chi connectivity index (χ3n) is 2.17. The molecule has 8 heteroatoms. The monoisotopic (exact) mass is 263 g/mol. The molecule has 19 heavy (non-hydrogen) atoms. The van der Waals surface area contributed by atoms with E-state index in [1.807, 2.05) is 0 Å². The van der Waals surface area contributed by atoms with E-state index >= 15 is 0 Å². The summed E-state index contributed by atoms with van der Waals surface area (Å²) in [6, 6.07) is 7.13. The molecule has 1 aromatic carbocycles. The summed E-state index contributed by atoms with van der Waals surface area (Å²) >= 11 is 0. The zero-order chi connectivity index (χ0) is 13.7. The number of carbonyl (C=O) groups excluding carboxylic acids is 1. The maximum absolute atomic E-state index is 11.3. The molecule has 1 aromatic heterocycles. The van der Waals surface area contributed by atoms with Crippen molar-refractivity contribution in [3.05, 3.63) is 52.2 Å². The number of benzene rings is 1. The Morgan fingerprint density at radius 2 is 2.05 bits per heavy atom. The van der Waals surface area contributed by atoms with Gasteiger partial charge in [-0.1, -0.05) is 0 Å². The van der Waals surface area contributed by atoms with Gasteiger partial charge in [0.1, 0.15) is 6.61 Å². The van der Waals surface area contributed by atoms with Gasteiger partial charge in [0.2, 0.25) is 5.88 Å². The van der Waals surface area contributed by atoms with E-state index in [-0.39, 0.29) is 18.2 Å². The summed E-state index contributed by atoms with van der Waals surface area (Å²) in [4.78, 5) is 21.2. The Kier molecular flexibility index (Phi) is 3.72. The molecule has 0 saturated heterocycles. The lowest BCUT2D eigenvalue weighted by Gasteiger charge is -2.04. The molecule has 1 N–H and O–H groups in total. The topological polar surface area (TPSA) is 107 Å². The molecule has 0 atom stereocenters. The highest BCUT2D eigenvalue weighted by molar-refractivity contribution is 5.62. The Hall–Kier alpha value is -2.90.